The summed E-state index contributed by atoms with van der Waals surface area (Å²) in [7, 11) is 1.58. The minimum absolute atomic E-state index is 0.237. The molecule has 0 N–H and O–H groups in total. The molecule has 0 unspecified atom stereocenters. The van der Waals surface area contributed by atoms with Gasteiger partial charge in [0.2, 0.25) is 0 Å². The van der Waals surface area contributed by atoms with E-state index in [-0.39, 0.29) is 12.6 Å². The molecule has 3 aromatic rings. The first kappa shape index (κ1) is 20.4. The molecule has 2 heterocycles. The van der Waals surface area contributed by atoms with Gasteiger partial charge in [0, 0.05) is 44.7 Å². The van der Waals surface area contributed by atoms with Crippen LogP contribution < -0.4 is 4.90 Å². The van der Waals surface area contributed by atoms with Crippen LogP contribution in [0.2, 0.25) is 0 Å². The fraction of sp³-hybridized carbons (Fsp3) is 0.391. The number of carbonyl (C=O) groups excluding carboxylic acids is 1. The van der Waals surface area contributed by atoms with Crippen LogP contribution >= 0.6 is 0 Å². The Morgan fingerprint density at radius 2 is 1.83 bits per heavy atom. The molecule has 7 nitrogen and oxygen atoms in total. The Balaban J connectivity index is 1.54. The number of piperazine rings is 1. The molecule has 1 aliphatic heterocycles. The maximum Gasteiger partial charge on any atom is 0.338 e. The molecular formula is C23H28N4O3. The third-order valence-corrected chi connectivity index (χ3v) is 5.60. The topological polar surface area (TPSA) is 59.8 Å². The van der Waals surface area contributed by atoms with E-state index in [9.17, 15) is 4.79 Å². The first-order valence-electron chi connectivity index (χ1n) is 10.4. The zero-order valence-electron chi connectivity index (χ0n) is 17.6. The van der Waals surface area contributed by atoms with Gasteiger partial charge in [0.25, 0.3) is 0 Å². The van der Waals surface area contributed by atoms with Gasteiger partial charge in [-0.1, -0.05) is 13.0 Å². The van der Waals surface area contributed by atoms with Gasteiger partial charge >= 0.3 is 5.97 Å². The van der Waals surface area contributed by atoms with Crippen molar-refractivity contribution in [1.29, 1.82) is 0 Å². The molecule has 0 atom stereocenters. The van der Waals surface area contributed by atoms with Gasteiger partial charge in [-0.2, -0.15) is 0 Å². The number of nitrogens with zero attached hydrogens (tertiary/aromatic N) is 4. The first-order valence-corrected chi connectivity index (χ1v) is 10.4. The molecule has 0 saturated carbocycles. The number of hydrogen-bond donors (Lipinski definition) is 0. The molecule has 1 aliphatic rings. The van der Waals surface area contributed by atoms with E-state index in [2.05, 4.69) is 50.5 Å². The molecule has 4 rings (SSSR count). The van der Waals surface area contributed by atoms with Crippen LogP contribution in [0.4, 0.5) is 5.69 Å². The lowest BCUT2D eigenvalue weighted by molar-refractivity contribution is 0.0388. The van der Waals surface area contributed by atoms with Gasteiger partial charge in [-0.15, -0.1) is 0 Å². The lowest BCUT2D eigenvalue weighted by atomic mass is 10.2. The maximum absolute atomic E-state index is 12.2. The number of benzene rings is 2. The molecule has 0 radical (unpaired) electrons. The number of ether oxygens (including phenoxy) is 2. The van der Waals surface area contributed by atoms with Crippen LogP contribution in [0.25, 0.3) is 16.7 Å². The van der Waals surface area contributed by atoms with E-state index < -0.39 is 0 Å². The van der Waals surface area contributed by atoms with Crippen LogP contribution in [-0.2, 0) is 9.47 Å². The zero-order valence-corrected chi connectivity index (χ0v) is 17.6. The van der Waals surface area contributed by atoms with Crippen molar-refractivity contribution >= 4 is 22.7 Å². The second-order valence-electron chi connectivity index (χ2n) is 7.39. The van der Waals surface area contributed by atoms with Crippen LogP contribution in [0.3, 0.4) is 0 Å². The molecule has 0 spiro atoms. The highest BCUT2D eigenvalue weighted by atomic mass is 16.6. The van der Waals surface area contributed by atoms with E-state index in [1.807, 2.05) is 6.07 Å². The van der Waals surface area contributed by atoms with Crippen molar-refractivity contribution in [2.24, 2.45) is 0 Å². The molecule has 0 aliphatic carbocycles. The van der Waals surface area contributed by atoms with E-state index in [0.717, 1.165) is 49.4 Å². The van der Waals surface area contributed by atoms with Gasteiger partial charge in [0.15, 0.2) is 0 Å². The van der Waals surface area contributed by atoms with Gasteiger partial charge in [-0.05, 0) is 42.9 Å². The number of imidazole rings is 1. The molecule has 1 fully saturated rings. The SMILES string of the molecule is CCN1CCN(c2cccc(-n3cnc4cc(C(=O)OCCOC)ccc43)c2)CC1. The fourth-order valence-corrected chi connectivity index (χ4v) is 3.81. The predicted octanol–water partition coefficient (Wildman–Crippen LogP) is 2.97. The monoisotopic (exact) mass is 408 g/mol. The molecule has 0 bridgehead atoms. The predicted molar refractivity (Wildman–Crippen MR) is 118 cm³/mol. The van der Waals surface area contributed by atoms with E-state index in [4.69, 9.17) is 9.47 Å². The standard InChI is InChI=1S/C23H28N4O3/c1-3-25-9-11-26(12-10-25)19-5-4-6-20(16-19)27-17-24-21-15-18(7-8-22(21)27)23(28)30-14-13-29-2/h4-8,15-17H,3,9-14H2,1-2H3. The first-order chi connectivity index (χ1) is 14.7. The Labute approximate surface area is 176 Å². The Kier molecular flexibility index (Phi) is 6.30. The highest BCUT2D eigenvalue weighted by molar-refractivity contribution is 5.94. The second kappa shape index (κ2) is 9.28. The normalized spacial score (nSPS) is 14.9. The second-order valence-corrected chi connectivity index (χ2v) is 7.39. The van der Waals surface area contributed by atoms with Gasteiger partial charge in [0.05, 0.1) is 23.2 Å². The minimum Gasteiger partial charge on any atom is -0.460 e. The van der Waals surface area contributed by atoms with Crippen molar-refractivity contribution in [3.63, 3.8) is 0 Å². The number of methoxy groups -OCH3 is 1. The number of aromatic nitrogens is 2. The summed E-state index contributed by atoms with van der Waals surface area (Å²) in [6, 6.07) is 14.0. The van der Waals surface area contributed by atoms with Crippen LogP contribution in [-0.4, -0.2) is 73.5 Å². The van der Waals surface area contributed by atoms with Crippen molar-refractivity contribution in [2.45, 2.75) is 6.92 Å². The molecule has 0 amide bonds. The van der Waals surface area contributed by atoms with Crippen LogP contribution in [0, 0.1) is 0 Å². The number of anilines is 1. The maximum atomic E-state index is 12.2. The minimum atomic E-state index is -0.364. The average molecular weight is 409 g/mol. The highest BCUT2D eigenvalue weighted by Gasteiger charge is 2.17. The smallest absolute Gasteiger partial charge is 0.338 e. The van der Waals surface area contributed by atoms with Gasteiger partial charge in [0.1, 0.15) is 12.9 Å². The van der Waals surface area contributed by atoms with E-state index >= 15 is 0 Å². The number of hydrogen-bond acceptors (Lipinski definition) is 6. The van der Waals surface area contributed by atoms with Crippen molar-refractivity contribution in [3.8, 4) is 5.69 Å². The Morgan fingerprint density at radius 3 is 2.60 bits per heavy atom. The van der Waals surface area contributed by atoms with E-state index in [1.54, 1.807) is 25.6 Å². The molecule has 158 valence electrons. The molecular weight excluding hydrogens is 380 g/mol. The van der Waals surface area contributed by atoms with E-state index in [1.165, 1.54) is 5.69 Å². The fourth-order valence-electron chi connectivity index (χ4n) is 3.81. The third-order valence-electron chi connectivity index (χ3n) is 5.60. The summed E-state index contributed by atoms with van der Waals surface area (Å²) in [5.74, 6) is -0.364. The summed E-state index contributed by atoms with van der Waals surface area (Å²) in [4.78, 5) is 21.6. The van der Waals surface area contributed by atoms with Crippen molar-refractivity contribution in [1.82, 2.24) is 14.5 Å². The molecule has 7 heteroatoms. The third kappa shape index (κ3) is 4.32. The summed E-state index contributed by atoms with van der Waals surface area (Å²) in [5.41, 5.74) is 4.49. The summed E-state index contributed by atoms with van der Waals surface area (Å²) < 4.78 is 12.2. The van der Waals surface area contributed by atoms with Crippen molar-refractivity contribution in [2.75, 3.05) is 57.9 Å². The lowest BCUT2D eigenvalue weighted by Gasteiger charge is -2.35. The van der Waals surface area contributed by atoms with Gasteiger partial charge < -0.3 is 19.3 Å². The summed E-state index contributed by atoms with van der Waals surface area (Å²) in [6.07, 6.45) is 1.80. The van der Waals surface area contributed by atoms with E-state index in [0.29, 0.717) is 12.2 Å². The molecule has 1 aromatic heterocycles. The van der Waals surface area contributed by atoms with Crippen LogP contribution in [0.1, 0.15) is 17.3 Å². The Bertz CT molecular complexity index is 1010. The van der Waals surface area contributed by atoms with Crippen molar-refractivity contribution < 1.29 is 14.3 Å². The summed E-state index contributed by atoms with van der Waals surface area (Å²) in [6.45, 7) is 8.21. The summed E-state index contributed by atoms with van der Waals surface area (Å²) >= 11 is 0. The zero-order chi connectivity index (χ0) is 20.9. The number of esters is 1. The quantitative estimate of drug-likeness (QED) is 0.443. The Hall–Kier alpha value is -2.90. The van der Waals surface area contributed by atoms with Crippen LogP contribution in [0.5, 0.6) is 0 Å². The van der Waals surface area contributed by atoms with Crippen molar-refractivity contribution in [3.05, 3.63) is 54.4 Å². The van der Waals surface area contributed by atoms with Gasteiger partial charge in [-0.25, -0.2) is 9.78 Å². The van der Waals surface area contributed by atoms with Crippen LogP contribution in [0.15, 0.2) is 48.8 Å². The number of fused-ring (bicyclic) bond motifs is 1. The molecule has 30 heavy (non-hydrogen) atoms. The number of carbonyl (C=O) groups is 1. The Morgan fingerprint density at radius 1 is 1.03 bits per heavy atom. The number of rotatable bonds is 7. The highest BCUT2D eigenvalue weighted by Crippen LogP contribution is 2.24. The number of likely N-dealkylation sites (N-methyl/N-ethyl adjacent to an activating group) is 1. The lowest BCUT2D eigenvalue weighted by Crippen LogP contribution is -2.46. The van der Waals surface area contributed by atoms with Gasteiger partial charge in [-0.3, -0.25) is 4.57 Å². The molecule has 1 saturated heterocycles. The molecule has 2 aromatic carbocycles. The summed E-state index contributed by atoms with van der Waals surface area (Å²) in [5, 5.41) is 0. The average Bonchev–Trinajstić information content (AvgIpc) is 3.22. The largest absolute Gasteiger partial charge is 0.460 e.